The highest BCUT2D eigenvalue weighted by Gasteiger charge is 2.17. The highest BCUT2D eigenvalue weighted by Crippen LogP contribution is 2.35. The number of nitro groups is 1. The van der Waals surface area contributed by atoms with Crippen molar-refractivity contribution in [1.29, 1.82) is 5.26 Å². The van der Waals surface area contributed by atoms with E-state index in [4.69, 9.17) is 21.6 Å². The maximum Gasteiger partial charge on any atom is 0.311 e. The van der Waals surface area contributed by atoms with Crippen LogP contribution >= 0.6 is 11.6 Å². The molecular weight excluding hydrogens is 280 g/mol. The summed E-state index contributed by atoms with van der Waals surface area (Å²) in [7, 11) is 0. The van der Waals surface area contributed by atoms with Gasteiger partial charge in [0.1, 0.15) is 11.8 Å². The molecule has 0 heterocycles. The standard InChI is InChI=1S/C14H9ClN2O3/c1-9-2-3-10(8-16)13(6-9)20-14-7-11(15)4-5-12(14)17(18)19/h2-7H,1H3. The van der Waals surface area contributed by atoms with Gasteiger partial charge in [-0.3, -0.25) is 10.1 Å². The normalized spacial score (nSPS) is 9.85. The molecule has 2 rings (SSSR count). The SMILES string of the molecule is Cc1ccc(C#N)c(Oc2cc(Cl)ccc2[N+](=O)[O-])c1. The number of hydrogen-bond donors (Lipinski definition) is 0. The second-order valence-electron chi connectivity index (χ2n) is 4.08. The molecule has 20 heavy (non-hydrogen) atoms. The van der Waals surface area contributed by atoms with Crippen molar-refractivity contribution in [2.45, 2.75) is 6.92 Å². The molecule has 100 valence electrons. The molecule has 0 N–H and O–H groups in total. The van der Waals surface area contributed by atoms with E-state index in [1.54, 1.807) is 18.2 Å². The molecule has 2 aromatic rings. The van der Waals surface area contributed by atoms with Crippen LogP contribution in [0.4, 0.5) is 5.69 Å². The first-order chi connectivity index (χ1) is 9.51. The summed E-state index contributed by atoms with van der Waals surface area (Å²) in [5.41, 5.74) is 0.966. The minimum atomic E-state index is -0.562. The second kappa shape index (κ2) is 5.59. The van der Waals surface area contributed by atoms with Crippen molar-refractivity contribution < 1.29 is 9.66 Å². The Morgan fingerprint density at radius 3 is 2.65 bits per heavy atom. The molecule has 0 saturated heterocycles. The fourth-order valence-electron chi connectivity index (χ4n) is 1.65. The van der Waals surface area contributed by atoms with Crippen molar-refractivity contribution in [3.05, 3.63) is 62.7 Å². The molecule has 6 heteroatoms. The quantitative estimate of drug-likeness (QED) is 0.626. The van der Waals surface area contributed by atoms with E-state index in [1.165, 1.54) is 18.2 Å². The topological polar surface area (TPSA) is 76.2 Å². The molecule has 0 aliphatic heterocycles. The Balaban J connectivity index is 2.50. The summed E-state index contributed by atoms with van der Waals surface area (Å²) in [4.78, 5) is 10.4. The zero-order chi connectivity index (χ0) is 14.7. The first-order valence-electron chi connectivity index (χ1n) is 5.64. The van der Waals surface area contributed by atoms with E-state index >= 15 is 0 Å². The number of aryl methyl sites for hydroxylation is 1. The summed E-state index contributed by atoms with van der Waals surface area (Å²) in [6.07, 6.45) is 0. The van der Waals surface area contributed by atoms with Crippen molar-refractivity contribution in [3.63, 3.8) is 0 Å². The van der Waals surface area contributed by atoms with Crippen LogP contribution in [-0.4, -0.2) is 4.92 Å². The molecule has 0 aliphatic rings. The highest BCUT2D eigenvalue weighted by atomic mass is 35.5. The van der Waals surface area contributed by atoms with Crippen LogP contribution in [0.2, 0.25) is 5.02 Å². The average molecular weight is 289 g/mol. The smallest absolute Gasteiger partial charge is 0.311 e. The minimum absolute atomic E-state index is 0.00426. The van der Waals surface area contributed by atoms with Crippen LogP contribution in [0, 0.1) is 28.4 Å². The number of nitro benzene ring substituents is 1. The maximum absolute atomic E-state index is 11.0. The summed E-state index contributed by atoms with van der Waals surface area (Å²) >= 11 is 5.83. The third-order valence-corrected chi connectivity index (χ3v) is 2.83. The molecular formula is C14H9ClN2O3. The van der Waals surface area contributed by atoms with Gasteiger partial charge >= 0.3 is 5.69 Å². The van der Waals surface area contributed by atoms with E-state index in [2.05, 4.69) is 0 Å². The highest BCUT2D eigenvalue weighted by molar-refractivity contribution is 6.30. The van der Waals surface area contributed by atoms with E-state index in [1.807, 2.05) is 13.0 Å². The average Bonchev–Trinajstić information content (AvgIpc) is 2.38. The van der Waals surface area contributed by atoms with Crippen LogP contribution in [0.15, 0.2) is 36.4 Å². The van der Waals surface area contributed by atoms with Crippen molar-refractivity contribution in [3.8, 4) is 17.6 Å². The predicted octanol–water partition coefficient (Wildman–Crippen LogP) is 4.22. The number of benzene rings is 2. The molecule has 0 atom stereocenters. The van der Waals surface area contributed by atoms with E-state index in [-0.39, 0.29) is 17.2 Å². The Morgan fingerprint density at radius 2 is 2.00 bits per heavy atom. The van der Waals surface area contributed by atoms with Crippen LogP contribution < -0.4 is 4.74 Å². The van der Waals surface area contributed by atoms with Gasteiger partial charge in [0, 0.05) is 17.2 Å². The lowest BCUT2D eigenvalue weighted by Gasteiger charge is -2.09. The van der Waals surface area contributed by atoms with E-state index < -0.39 is 4.92 Å². The Labute approximate surface area is 120 Å². The van der Waals surface area contributed by atoms with Gasteiger partial charge in [0.25, 0.3) is 0 Å². The van der Waals surface area contributed by atoms with Crippen LogP contribution in [0.1, 0.15) is 11.1 Å². The van der Waals surface area contributed by atoms with Crippen LogP contribution in [0.25, 0.3) is 0 Å². The monoisotopic (exact) mass is 288 g/mol. The molecule has 0 saturated carbocycles. The fourth-order valence-corrected chi connectivity index (χ4v) is 1.81. The maximum atomic E-state index is 11.0. The lowest BCUT2D eigenvalue weighted by Crippen LogP contribution is -1.95. The summed E-state index contributed by atoms with van der Waals surface area (Å²) in [5.74, 6) is 0.266. The Bertz CT molecular complexity index is 723. The summed E-state index contributed by atoms with van der Waals surface area (Å²) < 4.78 is 5.51. The molecule has 5 nitrogen and oxygen atoms in total. The van der Waals surface area contributed by atoms with Crippen molar-refractivity contribution >= 4 is 17.3 Å². The minimum Gasteiger partial charge on any atom is -0.449 e. The lowest BCUT2D eigenvalue weighted by molar-refractivity contribution is -0.385. The van der Waals surface area contributed by atoms with Crippen molar-refractivity contribution in [2.75, 3.05) is 0 Å². The Morgan fingerprint density at radius 1 is 1.25 bits per heavy atom. The fraction of sp³-hybridized carbons (Fsp3) is 0.0714. The van der Waals surface area contributed by atoms with E-state index in [0.717, 1.165) is 5.56 Å². The van der Waals surface area contributed by atoms with Crippen LogP contribution in [0.5, 0.6) is 11.5 Å². The summed E-state index contributed by atoms with van der Waals surface area (Å²) in [6.45, 7) is 1.83. The van der Waals surface area contributed by atoms with Crippen molar-refractivity contribution in [1.82, 2.24) is 0 Å². The van der Waals surface area contributed by atoms with E-state index in [9.17, 15) is 10.1 Å². The van der Waals surface area contributed by atoms with Crippen LogP contribution in [0.3, 0.4) is 0 Å². The lowest BCUT2D eigenvalue weighted by atomic mass is 10.1. The first-order valence-corrected chi connectivity index (χ1v) is 6.01. The zero-order valence-corrected chi connectivity index (χ0v) is 11.2. The molecule has 0 aromatic heterocycles. The number of ether oxygens (including phenoxy) is 1. The van der Waals surface area contributed by atoms with E-state index in [0.29, 0.717) is 10.6 Å². The van der Waals surface area contributed by atoms with Gasteiger partial charge in [-0.05, 0) is 30.7 Å². The number of hydrogen-bond acceptors (Lipinski definition) is 4. The molecule has 0 spiro atoms. The Kier molecular flexibility index (Phi) is 3.87. The predicted molar refractivity (Wildman–Crippen MR) is 74.1 cm³/mol. The van der Waals surface area contributed by atoms with Gasteiger partial charge in [-0.25, -0.2) is 0 Å². The van der Waals surface area contributed by atoms with Gasteiger partial charge in [0.2, 0.25) is 5.75 Å². The Hall–Kier alpha value is -2.58. The number of halogens is 1. The van der Waals surface area contributed by atoms with Gasteiger partial charge in [-0.15, -0.1) is 0 Å². The largest absolute Gasteiger partial charge is 0.449 e. The molecule has 0 amide bonds. The molecule has 0 radical (unpaired) electrons. The number of nitriles is 1. The molecule has 0 bridgehead atoms. The van der Waals surface area contributed by atoms with Gasteiger partial charge in [0.15, 0.2) is 0 Å². The van der Waals surface area contributed by atoms with Gasteiger partial charge in [-0.1, -0.05) is 17.7 Å². The molecule has 0 aliphatic carbocycles. The number of nitrogens with zero attached hydrogens (tertiary/aromatic N) is 2. The first kappa shape index (κ1) is 13.8. The van der Waals surface area contributed by atoms with Gasteiger partial charge in [0.05, 0.1) is 10.5 Å². The van der Waals surface area contributed by atoms with Crippen molar-refractivity contribution in [2.24, 2.45) is 0 Å². The zero-order valence-electron chi connectivity index (χ0n) is 10.5. The molecule has 0 unspecified atom stereocenters. The third kappa shape index (κ3) is 2.87. The number of rotatable bonds is 3. The van der Waals surface area contributed by atoms with Crippen LogP contribution in [-0.2, 0) is 0 Å². The third-order valence-electron chi connectivity index (χ3n) is 2.60. The van der Waals surface area contributed by atoms with Gasteiger partial charge in [-0.2, -0.15) is 5.26 Å². The second-order valence-corrected chi connectivity index (χ2v) is 4.52. The molecule has 2 aromatic carbocycles. The summed E-state index contributed by atoms with van der Waals surface area (Å²) in [5, 5.41) is 20.3. The molecule has 0 fully saturated rings. The summed E-state index contributed by atoms with van der Waals surface area (Å²) in [6, 6.07) is 11.0. The van der Waals surface area contributed by atoms with Gasteiger partial charge < -0.3 is 4.74 Å².